The number of carbonyl (C=O) groups is 2. The van der Waals surface area contributed by atoms with Crippen LogP contribution >= 0.6 is 11.6 Å². The van der Waals surface area contributed by atoms with E-state index >= 15 is 0 Å². The van der Waals surface area contributed by atoms with E-state index in [1.54, 1.807) is 18.7 Å². The molecule has 2 aliphatic rings. The Labute approximate surface area is 336 Å². The Morgan fingerprint density at radius 3 is 2.46 bits per heavy atom. The molecule has 0 fully saturated rings. The molecule has 2 aliphatic heterocycles. The van der Waals surface area contributed by atoms with Crippen LogP contribution in [-0.2, 0) is 30.8 Å². The van der Waals surface area contributed by atoms with Crippen molar-refractivity contribution in [1.29, 1.82) is 0 Å². The summed E-state index contributed by atoms with van der Waals surface area (Å²) in [5.74, 6) is 2.10. The molecule has 2 amide bonds. The molecule has 2 aromatic heterocycles. The molecule has 0 spiro atoms. The summed E-state index contributed by atoms with van der Waals surface area (Å²) in [6, 6.07) is 28.8. The Balaban J connectivity index is 0.958. The van der Waals surface area contributed by atoms with Gasteiger partial charge in [-0.05, 0) is 103 Å². The van der Waals surface area contributed by atoms with E-state index in [2.05, 4.69) is 46.5 Å². The predicted octanol–water partition coefficient (Wildman–Crippen LogP) is 8.64. The quantitative estimate of drug-likeness (QED) is 0.147. The molecule has 0 aliphatic carbocycles. The Kier molecular flexibility index (Phi) is 10.7. The third-order valence-corrected chi connectivity index (χ3v) is 11.1. The van der Waals surface area contributed by atoms with Crippen LogP contribution in [0.3, 0.4) is 0 Å². The molecule has 10 nitrogen and oxygen atoms in total. The number of ether oxygens (including phenoxy) is 3. The van der Waals surface area contributed by atoms with Crippen LogP contribution in [0.1, 0.15) is 67.3 Å². The van der Waals surface area contributed by atoms with Gasteiger partial charge >= 0.3 is 0 Å². The number of benzene rings is 4. The summed E-state index contributed by atoms with van der Waals surface area (Å²) in [5, 5.41) is 3.77. The number of halogens is 1. The highest BCUT2D eigenvalue weighted by Crippen LogP contribution is 2.41. The van der Waals surface area contributed by atoms with E-state index in [1.165, 1.54) is 0 Å². The topological polar surface area (TPSA) is 116 Å². The lowest BCUT2D eigenvalue weighted by Gasteiger charge is -2.37. The minimum Gasteiger partial charge on any atom is -0.489 e. The molecular formula is C46H43ClN4O6. The van der Waals surface area contributed by atoms with E-state index in [1.807, 2.05) is 79.9 Å². The molecule has 290 valence electrons. The van der Waals surface area contributed by atoms with Gasteiger partial charge in [-0.2, -0.15) is 0 Å². The first kappa shape index (κ1) is 37.8. The van der Waals surface area contributed by atoms with Crippen molar-refractivity contribution in [3.63, 3.8) is 0 Å². The fourth-order valence-electron chi connectivity index (χ4n) is 7.43. The van der Waals surface area contributed by atoms with E-state index in [9.17, 15) is 9.59 Å². The van der Waals surface area contributed by atoms with Gasteiger partial charge < -0.3 is 28.8 Å². The van der Waals surface area contributed by atoms with Gasteiger partial charge in [0.1, 0.15) is 30.8 Å². The molecule has 4 heterocycles. The van der Waals surface area contributed by atoms with E-state index in [0.717, 1.165) is 50.2 Å². The average molecular weight is 783 g/mol. The Bertz CT molecular complexity index is 2450. The number of aromatic nitrogens is 2. The first-order valence-corrected chi connectivity index (χ1v) is 19.4. The second-order valence-corrected chi connectivity index (χ2v) is 14.9. The van der Waals surface area contributed by atoms with E-state index in [0.29, 0.717) is 66.5 Å². The van der Waals surface area contributed by atoms with Crippen molar-refractivity contribution in [1.82, 2.24) is 20.2 Å². The Hall–Kier alpha value is -6.13. The standard InChI is InChI=1S/C46H43ClN4O6/c1-27-28(2)48-20-18-38(27)32-11-9-31(10-12-32)17-19-49-45(52)40-21-35-22-41-42(23-36(35)24-51(40)46(53)44-29(3)56-30(4)50-44)57-43(26-55-41)33-13-15-37(16-14-33)54-25-34-7-5-6-8-39(34)47/h5-16,18,20,22-23,40,43H,17,19,21,24-26H2,1-4H3,(H,49,52). The number of fused-ring (bicyclic) bond motifs is 2. The van der Waals surface area contributed by atoms with Crippen LogP contribution < -0.4 is 19.5 Å². The molecule has 0 saturated heterocycles. The zero-order valence-electron chi connectivity index (χ0n) is 32.3. The summed E-state index contributed by atoms with van der Waals surface area (Å²) < 4.78 is 24.3. The van der Waals surface area contributed by atoms with Gasteiger partial charge in [0, 0.05) is 48.9 Å². The van der Waals surface area contributed by atoms with Crippen molar-refractivity contribution in [3.8, 4) is 28.4 Å². The lowest BCUT2D eigenvalue weighted by molar-refractivity contribution is -0.126. The number of hydrogen-bond acceptors (Lipinski definition) is 8. The van der Waals surface area contributed by atoms with Crippen LogP contribution in [0.4, 0.5) is 0 Å². The molecule has 57 heavy (non-hydrogen) atoms. The summed E-state index contributed by atoms with van der Waals surface area (Å²) >= 11 is 6.29. The lowest BCUT2D eigenvalue weighted by atomic mass is 9.92. The van der Waals surface area contributed by atoms with Gasteiger partial charge in [0.15, 0.2) is 29.2 Å². The van der Waals surface area contributed by atoms with Gasteiger partial charge in [-0.3, -0.25) is 14.6 Å². The first-order valence-electron chi connectivity index (χ1n) is 19.1. The van der Waals surface area contributed by atoms with Crippen LogP contribution in [-0.4, -0.2) is 45.9 Å². The highest BCUT2D eigenvalue weighted by molar-refractivity contribution is 6.31. The molecule has 2 atom stereocenters. The van der Waals surface area contributed by atoms with Crippen molar-refractivity contribution < 1.29 is 28.2 Å². The number of nitrogens with one attached hydrogen (secondary N) is 1. The molecule has 8 rings (SSSR count). The van der Waals surface area contributed by atoms with Crippen LogP contribution in [0.2, 0.25) is 5.02 Å². The summed E-state index contributed by atoms with van der Waals surface area (Å²) in [6.07, 6.45) is 2.42. The summed E-state index contributed by atoms with van der Waals surface area (Å²) in [5.41, 5.74) is 9.38. The largest absolute Gasteiger partial charge is 0.489 e. The van der Waals surface area contributed by atoms with Crippen molar-refractivity contribution >= 4 is 23.4 Å². The predicted molar refractivity (Wildman–Crippen MR) is 217 cm³/mol. The minimum atomic E-state index is -0.768. The number of pyridine rings is 1. The zero-order valence-corrected chi connectivity index (χ0v) is 33.1. The molecule has 1 N–H and O–H groups in total. The molecule has 0 saturated carbocycles. The maximum atomic E-state index is 14.1. The third-order valence-electron chi connectivity index (χ3n) is 10.8. The fraction of sp³-hybridized carbons (Fsp3) is 0.261. The number of rotatable bonds is 10. The highest BCUT2D eigenvalue weighted by Gasteiger charge is 2.38. The maximum absolute atomic E-state index is 14.1. The number of hydrogen-bond donors (Lipinski definition) is 1. The Morgan fingerprint density at radius 2 is 1.70 bits per heavy atom. The van der Waals surface area contributed by atoms with E-state index < -0.39 is 6.04 Å². The summed E-state index contributed by atoms with van der Waals surface area (Å²) in [4.78, 5) is 38.4. The monoisotopic (exact) mass is 782 g/mol. The summed E-state index contributed by atoms with van der Waals surface area (Å²) in [6.45, 7) is 8.78. The molecule has 0 radical (unpaired) electrons. The second kappa shape index (κ2) is 16.2. The number of carbonyl (C=O) groups excluding carboxylic acids is 2. The zero-order chi connectivity index (χ0) is 39.6. The van der Waals surface area contributed by atoms with E-state index in [-0.39, 0.29) is 30.2 Å². The van der Waals surface area contributed by atoms with Crippen molar-refractivity contribution in [2.24, 2.45) is 0 Å². The van der Waals surface area contributed by atoms with Crippen molar-refractivity contribution in [2.75, 3.05) is 13.2 Å². The van der Waals surface area contributed by atoms with Crippen LogP contribution in [0.5, 0.6) is 17.2 Å². The van der Waals surface area contributed by atoms with Crippen LogP contribution in [0, 0.1) is 27.7 Å². The molecule has 6 aromatic rings. The molecule has 2 unspecified atom stereocenters. The molecule has 11 heteroatoms. The normalized spacial score (nSPS) is 15.8. The number of aryl methyl sites for hydroxylation is 3. The maximum Gasteiger partial charge on any atom is 0.277 e. The van der Waals surface area contributed by atoms with Gasteiger partial charge in [0.05, 0.1) is 0 Å². The lowest BCUT2D eigenvalue weighted by Crippen LogP contribution is -2.53. The first-order chi connectivity index (χ1) is 27.6. The third kappa shape index (κ3) is 8.09. The summed E-state index contributed by atoms with van der Waals surface area (Å²) in [7, 11) is 0. The highest BCUT2D eigenvalue weighted by atomic mass is 35.5. The number of oxazole rings is 1. The van der Waals surface area contributed by atoms with E-state index in [4.69, 9.17) is 30.2 Å². The van der Waals surface area contributed by atoms with Crippen LogP contribution in [0.25, 0.3) is 11.1 Å². The van der Waals surface area contributed by atoms with Gasteiger partial charge in [0.2, 0.25) is 5.91 Å². The number of amides is 2. The molecule has 0 bridgehead atoms. The van der Waals surface area contributed by atoms with Crippen molar-refractivity contribution in [2.45, 2.75) is 65.8 Å². The van der Waals surface area contributed by atoms with Crippen LogP contribution in [0.15, 0.2) is 102 Å². The van der Waals surface area contributed by atoms with Crippen molar-refractivity contribution in [3.05, 3.63) is 159 Å². The molecular weight excluding hydrogens is 740 g/mol. The number of nitrogens with zero attached hydrogens (tertiary/aromatic N) is 3. The fourth-order valence-corrected chi connectivity index (χ4v) is 7.62. The van der Waals surface area contributed by atoms with Gasteiger partial charge in [-0.25, -0.2) is 4.98 Å². The minimum absolute atomic E-state index is 0.186. The SMILES string of the molecule is Cc1nc(C(=O)N2Cc3cc4c(cc3CC2C(=O)NCCc2ccc(-c3ccnc(C)c3C)cc2)OCC(c2ccc(OCc3ccccc3Cl)cc2)O4)c(C)o1. The average Bonchev–Trinajstić information content (AvgIpc) is 3.57. The Morgan fingerprint density at radius 1 is 0.930 bits per heavy atom. The van der Waals surface area contributed by atoms with Gasteiger partial charge in [-0.1, -0.05) is 66.2 Å². The van der Waals surface area contributed by atoms with Gasteiger partial charge in [-0.15, -0.1) is 0 Å². The molecule has 4 aromatic carbocycles. The van der Waals surface area contributed by atoms with Gasteiger partial charge in [0.25, 0.3) is 5.91 Å². The smallest absolute Gasteiger partial charge is 0.277 e. The second-order valence-electron chi connectivity index (χ2n) is 14.5.